The maximum absolute atomic E-state index is 12.6. The molecule has 8 heteroatoms. The van der Waals surface area contributed by atoms with Crippen LogP contribution in [0.4, 0.5) is 5.00 Å². The summed E-state index contributed by atoms with van der Waals surface area (Å²) in [6.45, 7) is 5.67. The van der Waals surface area contributed by atoms with E-state index in [4.69, 9.17) is 4.74 Å². The lowest BCUT2D eigenvalue weighted by Gasteiger charge is -2.07. The Labute approximate surface area is 166 Å². The SMILES string of the molecule is CCOC(=O)c1sc(NC(=O)c2ccc(SCC)cc2)c(C(=O)NC)c1C. The average Bonchev–Trinajstić information content (AvgIpc) is 2.98. The van der Waals surface area contributed by atoms with Crippen LogP contribution in [0.3, 0.4) is 0 Å². The van der Waals surface area contributed by atoms with Crippen LogP contribution in [0, 0.1) is 6.92 Å². The van der Waals surface area contributed by atoms with Gasteiger partial charge in [-0.3, -0.25) is 9.59 Å². The highest BCUT2D eigenvalue weighted by Gasteiger charge is 2.26. The summed E-state index contributed by atoms with van der Waals surface area (Å²) in [4.78, 5) is 38.4. The van der Waals surface area contributed by atoms with Gasteiger partial charge in [0.25, 0.3) is 11.8 Å². The predicted molar refractivity (Wildman–Crippen MR) is 109 cm³/mol. The average molecular weight is 407 g/mol. The molecule has 2 N–H and O–H groups in total. The number of nitrogens with one attached hydrogen (secondary N) is 2. The summed E-state index contributed by atoms with van der Waals surface area (Å²) in [7, 11) is 1.50. The molecule has 1 heterocycles. The van der Waals surface area contributed by atoms with E-state index in [2.05, 4.69) is 17.6 Å². The minimum atomic E-state index is -0.508. The molecule has 0 atom stereocenters. The minimum absolute atomic E-state index is 0.231. The van der Waals surface area contributed by atoms with Gasteiger partial charge in [-0.05, 0) is 49.4 Å². The summed E-state index contributed by atoms with van der Waals surface area (Å²) in [5.41, 5.74) is 1.24. The first kappa shape index (κ1) is 21.0. The molecule has 0 bridgehead atoms. The van der Waals surface area contributed by atoms with Crippen molar-refractivity contribution in [1.29, 1.82) is 0 Å². The zero-order valence-electron chi connectivity index (χ0n) is 15.7. The summed E-state index contributed by atoms with van der Waals surface area (Å²) in [6.07, 6.45) is 0. The smallest absolute Gasteiger partial charge is 0.348 e. The standard InChI is InChI=1S/C19H22N2O4S2/c1-5-25-19(24)15-11(3)14(17(23)20-4)18(27-15)21-16(22)12-7-9-13(10-8-12)26-6-2/h7-10H,5-6H2,1-4H3,(H,20,23)(H,21,22). The van der Waals surface area contributed by atoms with E-state index in [0.29, 0.717) is 21.0 Å². The lowest BCUT2D eigenvalue weighted by Crippen LogP contribution is -2.21. The molecular weight excluding hydrogens is 384 g/mol. The second-order valence-corrected chi connectivity index (χ2v) is 7.83. The van der Waals surface area contributed by atoms with Gasteiger partial charge in [-0.25, -0.2) is 4.79 Å². The fourth-order valence-corrected chi connectivity index (χ4v) is 4.19. The summed E-state index contributed by atoms with van der Waals surface area (Å²) in [5, 5.41) is 5.62. The number of rotatable bonds is 7. The van der Waals surface area contributed by atoms with E-state index in [1.165, 1.54) is 7.05 Å². The van der Waals surface area contributed by atoms with Gasteiger partial charge in [0, 0.05) is 17.5 Å². The molecule has 0 unspecified atom stereocenters. The number of benzene rings is 1. The number of carbonyl (C=O) groups excluding carboxylic acids is 3. The molecule has 0 aliphatic carbocycles. The molecule has 144 valence electrons. The van der Waals surface area contributed by atoms with Crippen LogP contribution in [-0.4, -0.2) is 37.2 Å². The van der Waals surface area contributed by atoms with E-state index in [1.807, 2.05) is 12.1 Å². The van der Waals surface area contributed by atoms with Gasteiger partial charge in [-0.15, -0.1) is 23.1 Å². The molecule has 2 aromatic rings. The molecule has 2 amide bonds. The van der Waals surface area contributed by atoms with Gasteiger partial charge in [0.2, 0.25) is 0 Å². The minimum Gasteiger partial charge on any atom is -0.462 e. The number of thiophene rings is 1. The van der Waals surface area contributed by atoms with Crippen LogP contribution in [0.5, 0.6) is 0 Å². The Bertz CT molecular complexity index is 844. The number of esters is 1. The molecule has 1 aromatic carbocycles. The van der Waals surface area contributed by atoms with Crippen LogP contribution in [0.2, 0.25) is 0 Å². The molecule has 0 spiro atoms. The second kappa shape index (κ2) is 9.57. The number of ether oxygens (including phenoxy) is 1. The van der Waals surface area contributed by atoms with Gasteiger partial charge in [-0.1, -0.05) is 6.92 Å². The predicted octanol–water partition coefficient (Wildman–Crippen LogP) is 3.96. The third-order valence-electron chi connectivity index (χ3n) is 3.72. The Hall–Kier alpha value is -2.32. The van der Waals surface area contributed by atoms with Crippen LogP contribution < -0.4 is 10.6 Å². The Morgan fingerprint density at radius 3 is 2.33 bits per heavy atom. The van der Waals surface area contributed by atoms with Gasteiger partial charge in [0.05, 0.1) is 12.2 Å². The number of hydrogen-bond donors (Lipinski definition) is 2. The van der Waals surface area contributed by atoms with Gasteiger partial charge in [0.15, 0.2) is 0 Å². The van der Waals surface area contributed by atoms with Crippen molar-refractivity contribution in [2.45, 2.75) is 25.7 Å². The number of thioether (sulfide) groups is 1. The van der Waals surface area contributed by atoms with Crippen LogP contribution >= 0.6 is 23.1 Å². The molecule has 0 saturated heterocycles. The van der Waals surface area contributed by atoms with Crippen molar-refractivity contribution < 1.29 is 19.1 Å². The van der Waals surface area contributed by atoms with Gasteiger partial charge in [-0.2, -0.15) is 0 Å². The van der Waals surface area contributed by atoms with Crippen LogP contribution in [0.15, 0.2) is 29.2 Å². The van der Waals surface area contributed by atoms with Crippen molar-refractivity contribution >= 4 is 45.9 Å². The fraction of sp³-hybridized carbons (Fsp3) is 0.316. The molecule has 27 heavy (non-hydrogen) atoms. The van der Waals surface area contributed by atoms with Crippen molar-refractivity contribution in [2.75, 3.05) is 24.7 Å². The van der Waals surface area contributed by atoms with Crippen molar-refractivity contribution in [3.8, 4) is 0 Å². The van der Waals surface area contributed by atoms with E-state index >= 15 is 0 Å². The first-order valence-corrected chi connectivity index (χ1v) is 10.3. The number of anilines is 1. The second-order valence-electron chi connectivity index (χ2n) is 5.47. The zero-order chi connectivity index (χ0) is 20.0. The molecular formula is C19H22N2O4S2. The highest BCUT2D eigenvalue weighted by Crippen LogP contribution is 2.34. The van der Waals surface area contributed by atoms with E-state index in [1.54, 1.807) is 37.7 Å². The van der Waals surface area contributed by atoms with E-state index in [-0.39, 0.29) is 24.0 Å². The number of amides is 2. The lowest BCUT2D eigenvalue weighted by molar-refractivity contribution is 0.0531. The molecule has 2 rings (SSSR count). The van der Waals surface area contributed by atoms with Crippen molar-refractivity contribution in [1.82, 2.24) is 5.32 Å². The quantitative estimate of drug-likeness (QED) is 0.537. The Kier molecular flexibility index (Phi) is 7.44. The molecule has 0 radical (unpaired) electrons. The maximum Gasteiger partial charge on any atom is 0.348 e. The summed E-state index contributed by atoms with van der Waals surface area (Å²) >= 11 is 2.73. The topological polar surface area (TPSA) is 84.5 Å². The first-order chi connectivity index (χ1) is 12.9. The lowest BCUT2D eigenvalue weighted by atomic mass is 10.1. The van der Waals surface area contributed by atoms with Crippen LogP contribution in [0.25, 0.3) is 0 Å². The summed E-state index contributed by atoms with van der Waals surface area (Å²) in [5.74, 6) is -0.271. The normalized spacial score (nSPS) is 10.4. The van der Waals surface area contributed by atoms with Gasteiger partial charge >= 0.3 is 5.97 Å². The third-order valence-corrected chi connectivity index (χ3v) is 5.80. The monoisotopic (exact) mass is 406 g/mol. The van der Waals surface area contributed by atoms with E-state index in [9.17, 15) is 14.4 Å². The molecule has 0 aliphatic rings. The highest BCUT2D eigenvalue weighted by molar-refractivity contribution is 7.99. The van der Waals surface area contributed by atoms with Crippen molar-refractivity contribution in [2.24, 2.45) is 0 Å². The molecule has 0 saturated carbocycles. The highest BCUT2D eigenvalue weighted by atomic mass is 32.2. The fourth-order valence-electron chi connectivity index (χ4n) is 2.44. The first-order valence-electron chi connectivity index (χ1n) is 8.49. The molecule has 0 aliphatic heterocycles. The molecule has 6 nitrogen and oxygen atoms in total. The van der Waals surface area contributed by atoms with Crippen molar-refractivity contribution in [3.63, 3.8) is 0 Å². The number of carbonyl (C=O) groups is 3. The maximum atomic E-state index is 12.6. The van der Waals surface area contributed by atoms with E-state index in [0.717, 1.165) is 22.0 Å². The van der Waals surface area contributed by atoms with E-state index < -0.39 is 5.97 Å². The third kappa shape index (κ3) is 4.90. The van der Waals surface area contributed by atoms with Gasteiger partial charge < -0.3 is 15.4 Å². The van der Waals surface area contributed by atoms with Gasteiger partial charge in [0.1, 0.15) is 9.88 Å². The molecule has 0 fully saturated rings. The van der Waals surface area contributed by atoms with Crippen LogP contribution in [0.1, 0.15) is 49.8 Å². The Morgan fingerprint density at radius 1 is 1.11 bits per heavy atom. The largest absolute Gasteiger partial charge is 0.462 e. The number of hydrogen-bond acceptors (Lipinski definition) is 6. The molecule has 1 aromatic heterocycles. The van der Waals surface area contributed by atoms with Crippen molar-refractivity contribution in [3.05, 3.63) is 45.8 Å². The zero-order valence-corrected chi connectivity index (χ0v) is 17.3. The Balaban J connectivity index is 2.33. The Morgan fingerprint density at radius 2 is 1.78 bits per heavy atom. The summed E-state index contributed by atoms with van der Waals surface area (Å²) in [6, 6.07) is 7.23. The summed E-state index contributed by atoms with van der Waals surface area (Å²) < 4.78 is 5.04. The van der Waals surface area contributed by atoms with Crippen LogP contribution in [-0.2, 0) is 4.74 Å².